The summed E-state index contributed by atoms with van der Waals surface area (Å²) < 4.78 is 2.27. The minimum Gasteiger partial charge on any atom is -0.508 e. The van der Waals surface area contributed by atoms with Gasteiger partial charge in [-0.3, -0.25) is 0 Å². The van der Waals surface area contributed by atoms with Crippen LogP contribution < -0.4 is 5.73 Å². The van der Waals surface area contributed by atoms with Gasteiger partial charge in [-0.2, -0.15) is 0 Å². The number of rotatable bonds is 3. The molecule has 4 heteroatoms. The maximum atomic E-state index is 9.60. The van der Waals surface area contributed by atoms with Crippen LogP contribution in [-0.4, -0.2) is 21.2 Å². The lowest BCUT2D eigenvalue weighted by Gasteiger charge is -2.29. The SMILES string of the molecule is NCCc1nc2ccc(O)cc2n1C1CCC1. The van der Waals surface area contributed by atoms with Gasteiger partial charge in [0, 0.05) is 18.5 Å². The van der Waals surface area contributed by atoms with E-state index in [4.69, 9.17) is 5.73 Å². The molecule has 1 saturated carbocycles. The van der Waals surface area contributed by atoms with Crippen LogP contribution in [0.5, 0.6) is 5.75 Å². The highest BCUT2D eigenvalue weighted by molar-refractivity contribution is 5.78. The summed E-state index contributed by atoms with van der Waals surface area (Å²) in [7, 11) is 0. The van der Waals surface area contributed by atoms with Crippen molar-refractivity contribution in [2.24, 2.45) is 5.73 Å². The predicted molar refractivity (Wildman–Crippen MR) is 67.0 cm³/mol. The van der Waals surface area contributed by atoms with Gasteiger partial charge in [-0.25, -0.2) is 4.98 Å². The smallest absolute Gasteiger partial charge is 0.117 e. The Morgan fingerprint density at radius 1 is 1.41 bits per heavy atom. The minimum atomic E-state index is 0.303. The topological polar surface area (TPSA) is 64.1 Å². The van der Waals surface area contributed by atoms with Crippen LogP contribution in [0.2, 0.25) is 0 Å². The average molecular weight is 231 g/mol. The van der Waals surface area contributed by atoms with E-state index in [1.807, 2.05) is 6.07 Å². The second-order valence-corrected chi connectivity index (χ2v) is 4.69. The summed E-state index contributed by atoms with van der Waals surface area (Å²) in [6, 6.07) is 5.91. The third-order valence-corrected chi connectivity index (χ3v) is 3.55. The van der Waals surface area contributed by atoms with Crippen molar-refractivity contribution in [1.29, 1.82) is 0 Å². The number of hydrogen-bond donors (Lipinski definition) is 2. The Hall–Kier alpha value is -1.55. The van der Waals surface area contributed by atoms with Crippen molar-refractivity contribution in [3.8, 4) is 5.75 Å². The average Bonchev–Trinajstić information content (AvgIpc) is 2.56. The molecule has 0 spiro atoms. The van der Waals surface area contributed by atoms with Crippen LogP contribution in [0.15, 0.2) is 18.2 Å². The Kier molecular flexibility index (Phi) is 2.52. The molecule has 3 rings (SSSR count). The first-order chi connectivity index (χ1) is 8.29. The number of phenolic OH excluding ortho intramolecular Hbond substituents is 1. The van der Waals surface area contributed by atoms with Crippen LogP contribution in [0, 0.1) is 0 Å². The lowest BCUT2D eigenvalue weighted by atomic mass is 9.92. The Labute approximate surface area is 100 Å². The Morgan fingerprint density at radius 3 is 2.88 bits per heavy atom. The molecule has 1 aliphatic carbocycles. The van der Waals surface area contributed by atoms with Crippen molar-refractivity contribution in [2.75, 3.05) is 6.54 Å². The van der Waals surface area contributed by atoms with E-state index in [1.165, 1.54) is 19.3 Å². The van der Waals surface area contributed by atoms with E-state index in [0.717, 1.165) is 23.3 Å². The molecule has 1 fully saturated rings. The fourth-order valence-electron chi connectivity index (χ4n) is 2.49. The molecule has 4 nitrogen and oxygen atoms in total. The number of nitrogens with zero attached hydrogens (tertiary/aromatic N) is 2. The highest BCUT2D eigenvalue weighted by Crippen LogP contribution is 2.36. The summed E-state index contributed by atoms with van der Waals surface area (Å²) in [5, 5.41) is 9.60. The largest absolute Gasteiger partial charge is 0.508 e. The van der Waals surface area contributed by atoms with Crippen LogP contribution in [-0.2, 0) is 6.42 Å². The molecule has 0 radical (unpaired) electrons. The standard InChI is InChI=1S/C13H17N3O/c14-7-6-13-15-11-5-4-10(17)8-12(11)16(13)9-2-1-3-9/h4-5,8-9,17H,1-3,6-7,14H2. The second kappa shape index (κ2) is 4.04. The fraction of sp³-hybridized carbons (Fsp3) is 0.462. The normalized spacial score (nSPS) is 16.3. The molecule has 3 N–H and O–H groups in total. The molecule has 1 aromatic heterocycles. The number of benzene rings is 1. The Bertz CT molecular complexity index is 543. The van der Waals surface area contributed by atoms with Gasteiger partial charge in [-0.1, -0.05) is 0 Å². The Morgan fingerprint density at radius 2 is 2.24 bits per heavy atom. The summed E-state index contributed by atoms with van der Waals surface area (Å²) in [5.74, 6) is 1.36. The summed E-state index contributed by atoms with van der Waals surface area (Å²) in [4.78, 5) is 4.62. The van der Waals surface area contributed by atoms with Gasteiger partial charge in [-0.05, 0) is 37.9 Å². The third-order valence-electron chi connectivity index (χ3n) is 3.55. The molecule has 0 saturated heterocycles. The molecule has 1 aromatic carbocycles. The number of imidazole rings is 1. The molecule has 0 unspecified atom stereocenters. The number of hydrogen-bond acceptors (Lipinski definition) is 3. The zero-order valence-electron chi connectivity index (χ0n) is 9.76. The van der Waals surface area contributed by atoms with Crippen molar-refractivity contribution in [3.63, 3.8) is 0 Å². The van der Waals surface area contributed by atoms with Gasteiger partial charge in [0.05, 0.1) is 11.0 Å². The highest BCUT2D eigenvalue weighted by Gasteiger charge is 2.24. The summed E-state index contributed by atoms with van der Waals surface area (Å²) in [5.41, 5.74) is 7.63. The van der Waals surface area contributed by atoms with E-state index in [-0.39, 0.29) is 0 Å². The Balaban J connectivity index is 2.17. The van der Waals surface area contributed by atoms with Gasteiger partial charge in [0.15, 0.2) is 0 Å². The first-order valence-electron chi connectivity index (χ1n) is 6.19. The fourth-order valence-corrected chi connectivity index (χ4v) is 2.49. The molecule has 0 aliphatic heterocycles. The van der Waals surface area contributed by atoms with Crippen LogP contribution >= 0.6 is 0 Å². The van der Waals surface area contributed by atoms with Crippen molar-refractivity contribution >= 4 is 11.0 Å². The zero-order chi connectivity index (χ0) is 11.8. The molecule has 0 amide bonds. The van der Waals surface area contributed by atoms with E-state index in [1.54, 1.807) is 12.1 Å². The van der Waals surface area contributed by atoms with E-state index in [0.29, 0.717) is 18.3 Å². The minimum absolute atomic E-state index is 0.303. The second-order valence-electron chi connectivity index (χ2n) is 4.69. The molecule has 0 atom stereocenters. The number of fused-ring (bicyclic) bond motifs is 1. The summed E-state index contributed by atoms with van der Waals surface area (Å²) in [6.07, 6.45) is 4.49. The van der Waals surface area contributed by atoms with E-state index < -0.39 is 0 Å². The monoisotopic (exact) mass is 231 g/mol. The van der Waals surface area contributed by atoms with Gasteiger partial charge in [0.2, 0.25) is 0 Å². The molecular weight excluding hydrogens is 214 g/mol. The molecular formula is C13H17N3O. The third kappa shape index (κ3) is 1.69. The summed E-state index contributed by atoms with van der Waals surface area (Å²) in [6.45, 7) is 0.613. The first-order valence-corrected chi connectivity index (χ1v) is 6.19. The van der Waals surface area contributed by atoms with Crippen LogP contribution in [0.25, 0.3) is 11.0 Å². The molecule has 17 heavy (non-hydrogen) atoms. The number of phenols is 1. The van der Waals surface area contributed by atoms with Crippen molar-refractivity contribution in [1.82, 2.24) is 9.55 Å². The van der Waals surface area contributed by atoms with Gasteiger partial charge in [-0.15, -0.1) is 0 Å². The molecule has 1 aliphatic rings. The lowest BCUT2D eigenvalue weighted by Crippen LogP contribution is -2.20. The summed E-state index contributed by atoms with van der Waals surface area (Å²) >= 11 is 0. The van der Waals surface area contributed by atoms with Crippen LogP contribution in [0.3, 0.4) is 0 Å². The lowest BCUT2D eigenvalue weighted by molar-refractivity contribution is 0.313. The van der Waals surface area contributed by atoms with E-state index >= 15 is 0 Å². The quantitative estimate of drug-likeness (QED) is 0.848. The highest BCUT2D eigenvalue weighted by atomic mass is 16.3. The van der Waals surface area contributed by atoms with Gasteiger partial charge in [0.1, 0.15) is 11.6 Å². The van der Waals surface area contributed by atoms with Crippen molar-refractivity contribution < 1.29 is 5.11 Å². The zero-order valence-corrected chi connectivity index (χ0v) is 9.76. The molecule has 0 bridgehead atoms. The number of aromatic nitrogens is 2. The van der Waals surface area contributed by atoms with Gasteiger partial charge in [0.25, 0.3) is 0 Å². The first kappa shape index (κ1) is 10.6. The van der Waals surface area contributed by atoms with Crippen molar-refractivity contribution in [2.45, 2.75) is 31.7 Å². The van der Waals surface area contributed by atoms with Crippen LogP contribution in [0.4, 0.5) is 0 Å². The van der Waals surface area contributed by atoms with Gasteiger partial charge >= 0.3 is 0 Å². The number of aromatic hydroxyl groups is 1. The number of nitrogens with two attached hydrogens (primary N) is 1. The van der Waals surface area contributed by atoms with E-state index in [2.05, 4.69) is 9.55 Å². The van der Waals surface area contributed by atoms with Gasteiger partial charge < -0.3 is 15.4 Å². The molecule has 2 aromatic rings. The predicted octanol–water partition coefficient (Wildman–Crippen LogP) is 1.97. The maximum absolute atomic E-state index is 9.60. The van der Waals surface area contributed by atoms with Crippen LogP contribution in [0.1, 0.15) is 31.1 Å². The molecule has 90 valence electrons. The maximum Gasteiger partial charge on any atom is 0.117 e. The van der Waals surface area contributed by atoms with Crippen molar-refractivity contribution in [3.05, 3.63) is 24.0 Å². The van der Waals surface area contributed by atoms with E-state index in [9.17, 15) is 5.11 Å². The molecule has 1 heterocycles.